The summed E-state index contributed by atoms with van der Waals surface area (Å²) in [6, 6.07) is 7.31. The van der Waals surface area contributed by atoms with Crippen molar-refractivity contribution < 1.29 is 22.7 Å². The summed E-state index contributed by atoms with van der Waals surface area (Å²) in [5.74, 6) is 0.902. The minimum Gasteiger partial charge on any atom is -0.485 e. The van der Waals surface area contributed by atoms with Gasteiger partial charge in [0.15, 0.2) is 0 Å². The molecular weight excluding hydrogens is 597 g/mol. The van der Waals surface area contributed by atoms with Crippen LogP contribution in [-0.2, 0) is 19.1 Å². The third kappa shape index (κ3) is 5.84. The van der Waals surface area contributed by atoms with Crippen LogP contribution in [0.5, 0.6) is 5.75 Å². The number of nitrogens with one attached hydrogen (secondary N) is 2. The molecule has 1 saturated heterocycles. The van der Waals surface area contributed by atoms with Crippen molar-refractivity contribution in [2.24, 2.45) is 0 Å². The molecule has 46 heavy (non-hydrogen) atoms. The fraction of sp³-hybridized carbons (Fsp3) is 0.424. The van der Waals surface area contributed by atoms with E-state index < -0.39 is 23.4 Å². The number of carbonyl (C=O) groups is 1. The van der Waals surface area contributed by atoms with Crippen LogP contribution in [0.2, 0.25) is 0 Å². The number of alkyl halides is 3. The normalized spacial score (nSPS) is 18.4. The van der Waals surface area contributed by atoms with Gasteiger partial charge in [-0.3, -0.25) is 4.90 Å². The van der Waals surface area contributed by atoms with E-state index in [0.29, 0.717) is 42.8 Å². The summed E-state index contributed by atoms with van der Waals surface area (Å²) in [7, 11) is 2.00. The van der Waals surface area contributed by atoms with Crippen molar-refractivity contribution in [1.29, 1.82) is 0 Å². The molecule has 3 aliphatic rings. The number of hydrogen-bond donors (Lipinski definition) is 3. The van der Waals surface area contributed by atoms with Gasteiger partial charge in [-0.15, -0.1) is 0 Å². The first kappa shape index (κ1) is 30.3. The van der Waals surface area contributed by atoms with Crippen molar-refractivity contribution in [3.63, 3.8) is 0 Å². The van der Waals surface area contributed by atoms with Gasteiger partial charge < -0.3 is 30.6 Å². The van der Waals surface area contributed by atoms with Gasteiger partial charge in [-0.1, -0.05) is 12.1 Å². The van der Waals surface area contributed by atoms with Crippen LogP contribution in [-0.4, -0.2) is 69.2 Å². The Balaban J connectivity index is 1.16. The van der Waals surface area contributed by atoms with Crippen molar-refractivity contribution in [1.82, 2.24) is 24.3 Å². The summed E-state index contributed by atoms with van der Waals surface area (Å²) in [5.41, 5.74) is 9.17. The predicted molar refractivity (Wildman–Crippen MR) is 171 cm³/mol. The van der Waals surface area contributed by atoms with E-state index in [1.165, 1.54) is 18.5 Å². The Hall–Kier alpha value is -4.36. The Labute approximate surface area is 264 Å². The van der Waals surface area contributed by atoms with Gasteiger partial charge in [0, 0.05) is 68.2 Å². The fourth-order valence-electron chi connectivity index (χ4n) is 6.54. The summed E-state index contributed by atoms with van der Waals surface area (Å²) in [4.78, 5) is 26.1. The molecule has 2 aliphatic heterocycles. The molecule has 0 spiro atoms. The lowest BCUT2D eigenvalue weighted by atomic mass is 9.93. The summed E-state index contributed by atoms with van der Waals surface area (Å²) >= 11 is 0. The second kappa shape index (κ2) is 11.2. The average molecular weight is 635 g/mol. The second-order valence-corrected chi connectivity index (χ2v) is 13.2. The number of likely N-dealkylation sites (N-methyl/N-ethyl adjacent to an activating group) is 1. The number of fused-ring (bicyclic) bond motifs is 2. The van der Waals surface area contributed by atoms with Gasteiger partial charge in [-0.2, -0.15) is 13.2 Å². The summed E-state index contributed by atoms with van der Waals surface area (Å²) in [6.45, 7) is 7.13. The lowest BCUT2D eigenvalue weighted by molar-refractivity contribution is -0.138. The number of nitrogens with two attached hydrogens (primary N) is 1. The highest BCUT2D eigenvalue weighted by atomic mass is 19.4. The number of nitrogens with zero attached hydrogens (tertiary/aromatic N) is 5. The number of rotatable bonds is 6. The van der Waals surface area contributed by atoms with Crippen molar-refractivity contribution in [3.05, 3.63) is 59.5 Å². The van der Waals surface area contributed by atoms with E-state index in [2.05, 4.69) is 36.3 Å². The fourth-order valence-corrected chi connectivity index (χ4v) is 6.54. The number of piperazine rings is 1. The molecule has 7 rings (SSSR count). The molecule has 0 bridgehead atoms. The Morgan fingerprint density at radius 1 is 1.07 bits per heavy atom. The molecule has 10 nitrogen and oxygen atoms in total. The number of carbonyl (C=O) groups excluding carboxylic acids is 1. The number of nitrogen functional groups attached to an aromatic ring is 1. The first-order valence-corrected chi connectivity index (χ1v) is 15.5. The van der Waals surface area contributed by atoms with E-state index in [1.54, 1.807) is 6.07 Å². The Morgan fingerprint density at radius 2 is 1.83 bits per heavy atom. The molecular formula is C33H37F3N8O2. The number of anilines is 3. The molecule has 0 atom stereocenters. The largest absolute Gasteiger partial charge is 0.485 e. The summed E-state index contributed by atoms with van der Waals surface area (Å²) < 4.78 is 50.8. The van der Waals surface area contributed by atoms with Gasteiger partial charge in [0.25, 0.3) is 0 Å². The topological polar surface area (TPSA) is 114 Å². The highest BCUT2D eigenvalue weighted by Crippen LogP contribution is 2.49. The zero-order valence-electron chi connectivity index (χ0n) is 26.0. The molecule has 2 amide bonds. The van der Waals surface area contributed by atoms with E-state index in [1.807, 2.05) is 31.9 Å². The zero-order valence-corrected chi connectivity index (χ0v) is 26.0. The maximum atomic E-state index is 14.1. The molecule has 1 saturated carbocycles. The van der Waals surface area contributed by atoms with Crippen LogP contribution < -0.4 is 21.1 Å². The van der Waals surface area contributed by atoms with E-state index in [4.69, 9.17) is 10.5 Å². The Bertz CT molecular complexity index is 1820. The lowest BCUT2D eigenvalue weighted by Crippen LogP contribution is -2.44. The number of amides is 2. The van der Waals surface area contributed by atoms with Crippen molar-refractivity contribution in [3.8, 4) is 16.9 Å². The average Bonchev–Trinajstić information content (AvgIpc) is 3.67. The van der Waals surface area contributed by atoms with Crippen molar-refractivity contribution >= 4 is 34.3 Å². The van der Waals surface area contributed by atoms with Gasteiger partial charge in [-0.05, 0) is 63.1 Å². The molecule has 4 heterocycles. The monoisotopic (exact) mass is 634 g/mol. The summed E-state index contributed by atoms with van der Waals surface area (Å²) in [6.07, 6.45) is 1.69. The zero-order chi connectivity index (χ0) is 32.4. The van der Waals surface area contributed by atoms with Crippen LogP contribution in [0.3, 0.4) is 0 Å². The van der Waals surface area contributed by atoms with Gasteiger partial charge >= 0.3 is 12.2 Å². The molecule has 2 fully saturated rings. The number of urea groups is 1. The molecule has 4 aromatic rings. The molecule has 242 valence electrons. The second-order valence-electron chi connectivity index (χ2n) is 13.2. The predicted octanol–water partition coefficient (Wildman–Crippen LogP) is 6.14. The maximum absolute atomic E-state index is 14.1. The van der Waals surface area contributed by atoms with Crippen molar-refractivity contribution in [2.45, 2.75) is 57.5 Å². The van der Waals surface area contributed by atoms with Crippen LogP contribution in [0.4, 0.5) is 35.2 Å². The highest BCUT2D eigenvalue weighted by molar-refractivity contribution is 6.04. The van der Waals surface area contributed by atoms with Crippen LogP contribution in [0.1, 0.15) is 49.4 Å². The minimum atomic E-state index is -4.57. The van der Waals surface area contributed by atoms with E-state index in [-0.39, 0.29) is 17.8 Å². The first-order chi connectivity index (χ1) is 21.9. The number of benzene rings is 2. The molecule has 2 aromatic carbocycles. The van der Waals surface area contributed by atoms with Gasteiger partial charge in [0.1, 0.15) is 29.1 Å². The molecule has 4 N–H and O–H groups in total. The maximum Gasteiger partial charge on any atom is 0.416 e. The molecule has 1 aliphatic carbocycles. The Kier molecular flexibility index (Phi) is 7.35. The van der Waals surface area contributed by atoms with Crippen LogP contribution in [0.15, 0.2) is 42.9 Å². The molecule has 0 radical (unpaired) electrons. The van der Waals surface area contributed by atoms with Crippen LogP contribution >= 0.6 is 0 Å². The lowest BCUT2D eigenvalue weighted by Gasteiger charge is -2.33. The smallest absolute Gasteiger partial charge is 0.416 e. The number of halogens is 3. The quantitative estimate of drug-likeness (QED) is 0.234. The summed E-state index contributed by atoms with van der Waals surface area (Å²) in [5, 5.41) is 6.17. The number of ether oxygens (including phenoxy) is 1. The van der Waals surface area contributed by atoms with Crippen molar-refractivity contribution in [2.75, 3.05) is 49.6 Å². The molecule has 0 unspecified atom stereocenters. The van der Waals surface area contributed by atoms with E-state index >= 15 is 0 Å². The van der Waals surface area contributed by atoms with Gasteiger partial charge in [0.2, 0.25) is 0 Å². The minimum absolute atomic E-state index is 0.0461. The highest BCUT2D eigenvalue weighted by Gasteiger charge is 2.37. The first-order valence-electron chi connectivity index (χ1n) is 15.5. The Morgan fingerprint density at radius 3 is 2.54 bits per heavy atom. The SMILES string of the molecule is CN1CCN(Cc2ccc(NC(=O)Nc3ccc(-c4cn(C5CC5)c5ncnc(N)c45)c4c3OC(C)(C)C4)cc2C(F)(F)F)CC1. The standard InChI is InChI=1S/C33H37F3N8O2/c1-32(2)15-23-22(24-17-44(21-6-7-21)30-27(24)29(37)38-18-39-30)8-9-26(28(23)46-32)41-31(45)40-20-5-4-19(25(14-20)33(34,35)36)16-43-12-10-42(3)11-13-43/h4-5,8-9,14,17-18,21H,6-7,10-13,15-16H2,1-3H3,(H2,37,38,39)(H2,40,41,45). The van der Waals surface area contributed by atoms with Gasteiger partial charge in [-0.25, -0.2) is 14.8 Å². The third-order valence-electron chi connectivity index (χ3n) is 9.02. The number of hydrogen-bond acceptors (Lipinski definition) is 7. The van der Waals surface area contributed by atoms with Gasteiger partial charge in [0.05, 0.1) is 16.6 Å². The van der Waals surface area contributed by atoms with Crippen LogP contribution in [0.25, 0.3) is 22.2 Å². The van der Waals surface area contributed by atoms with E-state index in [9.17, 15) is 18.0 Å². The third-order valence-corrected chi connectivity index (χ3v) is 9.02. The number of aromatic nitrogens is 3. The van der Waals surface area contributed by atoms with Crippen LogP contribution in [0, 0.1) is 0 Å². The van der Waals surface area contributed by atoms with E-state index in [0.717, 1.165) is 59.7 Å². The molecule has 13 heteroatoms. The molecule has 2 aromatic heterocycles.